The predicted octanol–water partition coefficient (Wildman–Crippen LogP) is 3.25. The van der Waals surface area contributed by atoms with E-state index in [0.29, 0.717) is 18.0 Å². The van der Waals surface area contributed by atoms with Gasteiger partial charge in [-0.15, -0.1) is 0 Å². The summed E-state index contributed by atoms with van der Waals surface area (Å²) >= 11 is 0. The van der Waals surface area contributed by atoms with E-state index in [4.69, 9.17) is 0 Å². The molecule has 0 unspecified atom stereocenters. The van der Waals surface area contributed by atoms with Gasteiger partial charge in [0, 0.05) is 26.2 Å². The van der Waals surface area contributed by atoms with E-state index in [9.17, 15) is 13.2 Å². The quantitative estimate of drug-likeness (QED) is 0.814. The van der Waals surface area contributed by atoms with Crippen LogP contribution in [0.15, 0.2) is 47.4 Å². The summed E-state index contributed by atoms with van der Waals surface area (Å²) in [6, 6.07) is 13.0. The molecule has 4 rings (SSSR count). The number of fused-ring (bicyclic) bond motifs is 1. The van der Waals surface area contributed by atoms with Crippen molar-refractivity contribution in [2.24, 2.45) is 5.92 Å². The lowest BCUT2D eigenvalue weighted by atomic mass is 9.97. The molecule has 5 nitrogen and oxygen atoms in total. The maximum atomic E-state index is 13.2. The Balaban J connectivity index is 1.54. The number of hydrogen-bond donors (Lipinski definition) is 0. The maximum Gasteiger partial charge on any atom is 0.243 e. The highest BCUT2D eigenvalue weighted by Crippen LogP contribution is 2.27. The highest BCUT2D eigenvalue weighted by atomic mass is 32.2. The molecule has 0 spiro atoms. The number of rotatable bonds is 3. The van der Waals surface area contributed by atoms with Gasteiger partial charge in [-0.2, -0.15) is 4.31 Å². The monoisotopic (exact) mass is 386 g/mol. The molecule has 2 aliphatic heterocycles. The van der Waals surface area contributed by atoms with Crippen LogP contribution in [-0.2, 0) is 14.8 Å². The third-order valence-electron chi connectivity index (χ3n) is 5.76. The summed E-state index contributed by atoms with van der Waals surface area (Å²) in [6.07, 6.45) is 4.79. The van der Waals surface area contributed by atoms with Gasteiger partial charge in [0.05, 0.1) is 10.8 Å². The second-order valence-corrected chi connectivity index (χ2v) is 9.54. The predicted molar refractivity (Wildman–Crippen MR) is 106 cm³/mol. The molecule has 1 atom stereocenters. The first kappa shape index (κ1) is 18.4. The third kappa shape index (κ3) is 3.73. The molecule has 2 aromatic rings. The Morgan fingerprint density at radius 2 is 1.63 bits per heavy atom. The van der Waals surface area contributed by atoms with Crippen molar-refractivity contribution in [3.05, 3.63) is 42.5 Å². The van der Waals surface area contributed by atoms with Crippen LogP contribution in [0.4, 0.5) is 0 Å². The van der Waals surface area contributed by atoms with E-state index in [2.05, 4.69) is 0 Å². The lowest BCUT2D eigenvalue weighted by molar-refractivity contribution is -0.137. The van der Waals surface area contributed by atoms with Gasteiger partial charge < -0.3 is 4.90 Å². The SMILES string of the molecule is O=C([C@H]1CCCN(S(=O)(=O)c2ccc3ccccc3c2)C1)N1CCCCC1. The maximum absolute atomic E-state index is 13.2. The van der Waals surface area contributed by atoms with Crippen LogP contribution in [0.5, 0.6) is 0 Å². The van der Waals surface area contributed by atoms with E-state index in [-0.39, 0.29) is 11.8 Å². The Hall–Kier alpha value is -1.92. The first-order valence-corrected chi connectivity index (χ1v) is 11.3. The molecule has 0 aliphatic carbocycles. The number of carbonyl (C=O) groups excluding carboxylic acids is 1. The fraction of sp³-hybridized carbons (Fsp3) is 0.476. The summed E-state index contributed by atoms with van der Waals surface area (Å²) in [7, 11) is -3.59. The first-order valence-electron chi connectivity index (χ1n) is 9.83. The van der Waals surface area contributed by atoms with E-state index in [0.717, 1.165) is 49.5 Å². The molecule has 2 fully saturated rings. The summed E-state index contributed by atoms with van der Waals surface area (Å²) in [4.78, 5) is 15.1. The number of piperidine rings is 2. The summed E-state index contributed by atoms with van der Waals surface area (Å²) < 4.78 is 27.9. The third-order valence-corrected chi connectivity index (χ3v) is 7.62. The Morgan fingerprint density at radius 1 is 0.889 bits per heavy atom. The molecule has 6 heteroatoms. The van der Waals surface area contributed by atoms with Gasteiger partial charge >= 0.3 is 0 Å². The molecule has 2 aliphatic rings. The topological polar surface area (TPSA) is 57.7 Å². The molecule has 0 radical (unpaired) electrons. The van der Waals surface area contributed by atoms with Crippen LogP contribution in [0.3, 0.4) is 0 Å². The van der Waals surface area contributed by atoms with Crippen molar-refractivity contribution < 1.29 is 13.2 Å². The standard InChI is InChI=1S/C21H26N2O3S/c24-21(22-12-4-1-5-13-22)19-9-6-14-23(16-19)27(25,26)20-11-10-17-7-2-3-8-18(17)15-20/h2-3,7-8,10-11,15,19H,1,4-6,9,12-14,16H2/t19-/m0/s1. The van der Waals surface area contributed by atoms with Crippen molar-refractivity contribution in [1.82, 2.24) is 9.21 Å². The van der Waals surface area contributed by atoms with Gasteiger partial charge in [-0.25, -0.2) is 8.42 Å². The Bertz CT molecular complexity index is 935. The highest BCUT2D eigenvalue weighted by Gasteiger charge is 2.35. The number of likely N-dealkylation sites (tertiary alicyclic amines) is 1. The van der Waals surface area contributed by atoms with Crippen LogP contribution >= 0.6 is 0 Å². The molecule has 0 saturated carbocycles. The second-order valence-electron chi connectivity index (χ2n) is 7.60. The molecule has 2 aromatic carbocycles. The average molecular weight is 387 g/mol. The van der Waals surface area contributed by atoms with Crippen LogP contribution in [0.2, 0.25) is 0 Å². The lowest BCUT2D eigenvalue weighted by Gasteiger charge is -2.35. The van der Waals surface area contributed by atoms with Crippen molar-refractivity contribution in [3.8, 4) is 0 Å². The zero-order valence-electron chi connectivity index (χ0n) is 15.5. The van der Waals surface area contributed by atoms with Gasteiger partial charge in [-0.05, 0) is 55.0 Å². The van der Waals surface area contributed by atoms with E-state index in [1.54, 1.807) is 12.1 Å². The lowest BCUT2D eigenvalue weighted by Crippen LogP contribution is -2.47. The number of benzene rings is 2. The van der Waals surface area contributed by atoms with Gasteiger partial charge in [0.25, 0.3) is 0 Å². The van der Waals surface area contributed by atoms with E-state index < -0.39 is 10.0 Å². The van der Waals surface area contributed by atoms with E-state index >= 15 is 0 Å². The molecule has 27 heavy (non-hydrogen) atoms. The number of amides is 1. The molecular formula is C21H26N2O3S. The molecular weight excluding hydrogens is 360 g/mol. The fourth-order valence-electron chi connectivity index (χ4n) is 4.21. The fourth-order valence-corrected chi connectivity index (χ4v) is 5.77. The van der Waals surface area contributed by atoms with Crippen LogP contribution in [0.1, 0.15) is 32.1 Å². The Labute approximate surface area is 161 Å². The smallest absolute Gasteiger partial charge is 0.243 e. The van der Waals surface area contributed by atoms with Gasteiger partial charge in [-0.3, -0.25) is 4.79 Å². The number of nitrogens with zero attached hydrogens (tertiary/aromatic N) is 2. The van der Waals surface area contributed by atoms with E-state index in [1.807, 2.05) is 35.2 Å². The molecule has 1 amide bonds. The molecule has 0 N–H and O–H groups in total. The van der Waals surface area contributed by atoms with Crippen LogP contribution in [-0.4, -0.2) is 49.7 Å². The van der Waals surface area contributed by atoms with Crippen LogP contribution < -0.4 is 0 Å². The molecule has 0 bridgehead atoms. The van der Waals surface area contributed by atoms with Crippen molar-refractivity contribution in [1.29, 1.82) is 0 Å². The van der Waals surface area contributed by atoms with Gasteiger partial charge in [0.2, 0.25) is 15.9 Å². The number of sulfonamides is 1. The second kappa shape index (κ2) is 7.60. The van der Waals surface area contributed by atoms with Crippen molar-refractivity contribution in [2.75, 3.05) is 26.2 Å². The first-order chi connectivity index (χ1) is 13.1. The minimum absolute atomic E-state index is 0.133. The number of hydrogen-bond acceptors (Lipinski definition) is 3. The highest BCUT2D eigenvalue weighted by molar-refractivity contribution is 7.89. The summed E-state index contributed by atoms with van der Waals surface area (Å²) in [5.41, 5.74) is 0. The minimum Gasteiger partial charge on any atom is -0.342 e. The Kier molecular flexibility index (Phi) is 5.19. The zero-order valence-corrected chi connectivity index (χ0v) is 16.3. The van der Waals surface area contributed by atoms with E-state index in [1.165, 1.54) is 10.7 Å². The largest absolute Gasteiger partial charge is 0.342 e. The Morgan fingerprint density at radius 3 is 2.41 bits per heavy atom. The summed E-state index contributed by atoms with van der Waals surface area (Å²) in [5.74, 6) is -0.0832. The van der Waals surface area contributed by atoms with Crippen molar-refractivity contribution in [3.63, 3.8) is 0 Å². The summed E-state index contributed by atoms with van der Waals surface area (Å²) in [6.45, 7) is 2.41. The van der Waals surface area contributed by atoms with Crippen LogP contribution in [0.25, 0.3) is 10.8 Å². The molecule has 0 aromatic heterocycles. The van der Waals surface area contributed by atoms with Crippen LogP contribution in [0, 0.1) is 5.92 Å². The van der Waals surface area contributed by atoms with Gasteiger partial charge in [0.1, 0.15) is 0 Å². The minimum atomic E-state index is -3.59. The number of carbonyl (C=O) groups is 1. The zero-order chi connectivity index (χ0) is 18.9. The average Bonchev–Trinajstić information content (AvgIpc) is 2.73. The van der Waals surface area contributed by atoms with Gasteiger partial charge in [0.15, 0.2) is 0 Å². The molecule has 2 heterocycles. The summed E-state index contributed by atoms with van der Waals surface area (Å²) in [5, 5.41) is 1.93. The normalized spacial score (nSPS) is 22.1. The molecule has 2 saturated heterocycles. The van der Waals surface area contributed by atoms with Crippen molar-refractivity contribution >= 4 is 26.7 Å². The van der Waals surface area contributed by atoms with Crippen molar-refractivity contribution in [2.45, 2.75) is 37.0 Å². The van der Waals surface area contributed by atoms with Gasteiger partial charge in [-0.1, -0.05) is 30.3 Å². The molecule has 144 valence electrons.